The van der Waals surface area contributed by atoms with Gasteiger partial charge in [-0.15, -0.1) is 0 Å². The SMILES string of the molecule is Cc1cccnc1Cn1ncc(OCCN)cc1=O. The van der Waals surface area contributed by atoms with E-state index >= 15 is 0 Å². The number of hydrogen-bond donors (Lipinski definition) is 1. The minimum Gasteiger partial charge on any atom is -0.490 e. The van der Waals surface area contributed by atoms with E-state index in [0.717, 1.165) is 11.3 Å². The van der Waals surface area contributed by atoms with E-state index in [0.29, 0.717) is 25.4 Å². The Kier molecular flexibility index (Phi) is 4.25. The molecule has 0 fully saturated rings. The van der Waals surface area contributed by atoms with Crippen molar-refractivity contribution in [3.8, 4) is 5.75 Å². The molecule has 6 nitrogen and oxygen atoms in total. The van der Waals surface area contributed by atoms with E-state index < -0.39 is 0 Å². The molecule has 0 aliphatic heterocycles. The van der Waals surface area contributed by atoms with Gasteiger partial charge in [-0.1, -0.05) is 6.07 Å². The molecule has 0 aromatic carbocycles. The van der Waals surface area contributed by atoms with Crippen LogP contribution in [0.25, 0.3) is 0 Å². The molecule has 6 heteroatoms. The molecule has 0 amide bonds. The van der Waals surface area contributed by atoms with Crippen LogP contribution >= 0.6 is 0 Å². The van der Waals surface area contributed by atoms with Crippen molar-refractivity contribution in [2.45, 2.75) is 13.5 Å². The molecule has 100 valence electrons. The van der Waals surface area contributed by atoms with Crippen LogP contribution in [0.4, 0.5) is 0 Å². The standard InChI is InChI=1S/C13H16N4O2/c1-10-3-2-5-15-12(10)9-17-13(18)7-11(8-16-17)19-6-4-14/h2-3,5,7-8H,4,6,9,14H2,1H3. The van der Waals surface area contributed by atoms with Crippen LogP contribution in [0.3, 0.4) is 0 Å². The lowest BCUT2D eigenvalue weighted by atomic mass is 10.2. The van der Waals surface area contributed by atoms with Gasteiger partial charge in [-0.3, -0.25) is 9.78 Å². The zero-order valence-corrected chi connectivity index (χ0v) is 10.7. The van der Waals surface area contributed by atoms with Gasteiger partial charge in [0.2, 0.25) is 0 Å². The second-order valence-corrected chi connectivity index (χ2v) is 4.09. The predicted molar refractivity (Wildman–Crippen MR) is 71.1 cm³/mol. The molecule has 2 aromatic rings. The van der Waals surface area contributed by atoms with Gasteiger partial charge < -0.3 is 10.5 Å². The van der Waals surface area contributed by atoms with Gasteiger partial charge >= 0.3 is 0 Å². The van der Waals surface area contributed by atoms with Crippen LogP contribution in [-0.2, 0) is 6.54 Å². The molecule has 0 spiro atoms. The number of hydrogen-bond acceptors (Lipinski definition) is 5. The minimum absolute atomic E-state index is 0.223. The third-order valence-corrected chi connectivity index (χ3v) is 2.65. The van der Waals surface area contributed by atoms with Crippen LogP contribution < -0.4 is 16.0 Å². The molecule has 19 heavy (non-hydrogen) atoms. The summed E-state index contributed by atoms with van der Waals surface area (Å²) in [4.78, 5) is 16.1. The summed E-state index contributed by atoms with van der Waals surface area (Å²) < 4.78 is 6.60. The van der Waals surface area contributed by atoms with Gasteiger partial charge in [0.05, 0.1) is 18.4 Å². The van der Waals surface area contributed by atoms with Crippen LogP contribution in [0.2, 0.25) is 0 Å². The highest BCUT2D eigenvalue weighted by atomic mass is 16.5. The Morgan fingerprint density at radius 2 is 2.32 bits per heavy atom. The molecule has 0 atom stereocenters. The lowest BCUT2D eigenvalue weighted by Gasteiger charge is -2.08. The summed E-state index contributed by atoms with van der Waals surface area (Å²) in [6, 6.07) is 5.21. The van der Waals surface area contributed by atoms with E-state index in [1.54, 1.807) is 6.20 Å². The van der Waals surface area contributed by atoms with E-state index in [4.69, 9.17) is 10.5 Å². The molecular formula is C13H16N4O2. The summed E-state index contributed by atoms with van der Waals surface area (Å²) in [7, 11) is 0. The van der Waals surface area contributed by atoms with Crippen LogP contribution in [0, 0.1) is 6.92 Å². The monoisotopic (exact) mass is 260 g/mol. The van der Waals surface area contributed by atoms with E-state index in [2.05, 4.69) is 10.1 Å². The Bertz CT molecular complexity index is 610. The van der Waals surface area contributed by atoms with Gasteiger partial charge in [-0.25, -0.2) is 4.68 Å². The fraction of sp³-hybridized carbons (Fsp3) is 0.308. The van der Waals surface area contributed by atoms with E-state index in [9.17, 15) is 4.79 Å². The molecule has 2 N–H and O–H groups in total. The van der Waals surface area contributed by atoms with Crippen LogP contribution in [-0.4, -0.2) is 27.9 Å². The molecule has 2 rings (SSSR count). The summed E-state index contributed by atoms with van der Waals surface area (Å²) in [5.41, 5.74) is 6.96. The topological polar surface area (TPSA) is 83.0 Å². The predicted octanol–water partition coefficient (Wildman–Crippen LogP) is 0.333. The van der Waals surface area contributed by atoms with E-state index in [1.165, 1.54) is 16.9 Å². The number of aromatic nitrogens is 3. The summed E-state index contributed by atoms with van der Waals surface area (Å²) in [6.07, 6.45) is 3.21. The van der Waals surface area contributed by atoms with Crippen LogP contribution in [0.5, 0.6) is 5.75 Å². The van der Waals surface area contributed by atoms with Gasteiger partial charge in [0.1, 0.15) is 12.4 Å². The average Bonchev–Trinajstić information content (AvgIpc) is 2.41. The van der Waals surface area contributed by atoms with Gasteiger partial charge in [-0.2, -0.15) is 5.10 Å². The molecule has 0 unspecified atom stereocenters. The van der Waals surface area contributed by atoms with Gasteiger partial charge in [0.25, 0.3) is 5.56 Å². The van der Waals surface area contributed by atoms with Crippen molar-refractivity contribution in [3.05, 3.63) is 52.2 Å². The fourth-order valence-corrected chi connectivity index (χ4v) is 1.62. The molecule has 0 aliphatic rings. The quantitative estimate of drug-likeness (QED) is 0.837. The van der Waals surface area contributed by atoms with Crippen molar-refractivity contribution in [2.24, 2.45) is 5.73 Å². The highest BCUT2D eigenvalue weighted by Gasteiger charge is 2.04. The minimum atomic E-state index is -0.223. The largest absolute Gasteiger partial charge is 0.490 e. The zero-order chi connectivity index (χ0) is 13.7. The first-order valence-electron chi connectivity index (χ1n) is 6.01. The second-order valence-electron chi connectivity index (χ2n) is 4.09. The maximum Gasteiger partial charge on any atom is 0.270 e. The number of nitrogens with two attached hydrogens (primary N) is 1. The summed E-state index contributed by atoms with van der Waals surface area (Å²) in [5.74, 6) is 0.435. The van der Waals surface area contributed by atoms with Crippen molar-refractivity contribution in [1.29, 1.82) is 0 Å². The number of ether oxygens (including phenoxy) is 1. The van der Waals surface area contributed by atoms with Crippen molar-refractivity contribution in [3.63, 3.8) is 0 Å². The Hall–Kier alpha value is -2.21. The van der Waals surface area contributed by atoms with Crippen molar-refractivity contribution < 1.29 is 4.74 Å². The number of pyridine rings is 1. The third-order valence-electron chi connectivity index (χ3n) is 2.65. The molecule has 2 aromatic heterocycles. The van der Waals surface area contributed by atoms with Crippen LogP contribution in [0.1, 0.15) is 11.3 Å². The smallest absolute Gasteiger partial charge is 0.270 e. The highest BCUT2D eigenvalue weighted by Crippen LogP contribution is 2.06. The highest BCUT2D eigenvalue weighted by molar-refractivity contribution is 5.18. The molecule has 0 saturated carbocycles. The lowest BCUT2D eigenvalue weighted by Crippen LogP contribution is -2.24. The van der Waals surface area contributed by atoms with E-state index in [-0.39, 0.29) is 5.56 Å². The Labute approximate surface area is 110 Å². The zero-order valence-electron chi connectivity index (χ0n) is 10.7. The Morgan fingerprint density at radius 1 is 1.47 bits per heavy atom. The summed E-state index contributed by atoms with van der Waals surface area (Å²) in [6.45, 7) is 3.06. The first-order chi connectivity index (χ1) is 9.20. The lowest BCUT2D eigenvalue weighted by molar-refractivity contribution is 0.324. The number of nitrogens with zero attached hydrogens (tertiary/aromatic N) is 3. The molecular weight excluding hydrogens is 244 g/mol. The van der Waals surface area contributed by atoms with E-state index in [1.807, 2.05) is 19.1 Å². The first-order valence-corrected chi connectivity index (χ1v) is 6.01. The van der Waals surface area contributed by atoms with Crippen molar-refractivity contribution in [1.82, 2.24) is 14.8 Å². The first kappa shape index (κ1) is 13.2. The van der Waals surface area contributed by atoms with Crippen molar-refractivity contribution in [2.75, 3.05) is 13.2 Å². The Morgan fingerprint density at radius 3 is 3.00 bits per heavy atom. The molecule has 0 saturated heterocycles. The molecule has 2 heterocycles. The summed E-state index contributed by atoms with van der Waals surface area (Å²) in [5, 5.41) is 4.07. The maximum absolute atomic E-state index is 11.9. The molecule has 0 bridgehead atoms. The van der Waals surface area contributed by atoms with Crippen LogP contribution in [0.15, 0.2) is 35.4 Å². The Balaban J connectivity index is 2.18. The van der Waals surface area contributed by atoms with Crippen molar-refractivity contribution >= 4 is 0 Å². The van der Waals surface area contributed by atoms with Gasteiger partial charge in [0, 0.05) is 18.8 Å². The number of rotatable bonds is 5. The number of aryl methyl sites for hydroxylation is 1. The average molecular weight is 260 g/mol. The second kappa shape index (κ2) is 6.10. The van der Waals surface area contributed by atoms with Gasteiger partial charge in [0.15, 0.2) is 0 Å². The fourth-order valence-electron chi connectivity index (χ4n) is 1.62. The summed E-state index contributed by atoms with van der Waals surface area (Å²) >= 11 is 0. The molecule has 0 radical (unpaired) electrons. The van der Waals surface area contributed by atoms with Gasteiger partial charge in [-0.05, 0) is 18.6 Å². The third kappa shape index (κ3) is 3.38. The maximum atomic E-state index is 11.9. The molecule has 0 aliphatic carbocycles. The normalized spacial score (nSPS) is 10.4.